The Morgan fingerprint density at radius 3 is 1.44 bits per heavy atom. The molecule has 2 unspecified atom stereocenters. The fourth-order valence-electron chi connectivity index (χ4n) is 6.55. The summed E-state index contributed by atoms with van der Waals surface area (Å²) in [5.74, 6) is -0.523. The van der Waals surface area contributed by atoms with Crippen LogP contribution in [0.1, 0.15) is 114 Å². The predicted octanol–water partition coefficient (Wildman–Crippen LogP) is 7.22. The maximum absolute atomic E-state index is 12.8. The van der Waals surface area contributed by atoms with Crippen LogP contribution in [0.25, 0.3) is 0 Å². The van der Waals surface area contributed by atoms with E-state index in [1.165, 1.54) is 34.1 Å². The molecule has 0 amide bonds. The molecule has 0 aromatic rings. The minimum Gasteiger partial charge on any atom is -0.459 e. The summed E-state index contributed by atoms with van der Waals surface area (Å²) < 4.78 is 92.8. The van der Waals surface area contributed by atoms with Gasteiger partial charge in [-0.05, 0) is 98.3 Å². The van der Waals surface area contributed by atoms with Crippen LogP contribution in [0.5, 0.6) is 0 Å². The second-order valence-electron chi connectivity index (χ2n) is 14.4. The van der Waals surface area contributed by atoms with Gasteiger partial charge in [0, 0.05) is 13.3 Å². The van der Waals surface area contributed by atoms with Gasteiger partial charge in [-0.25, -0.2) is 0 Å². The smallest absolute Gasteiger partial charge is 0.430 e. The molecule has 0 aliphatic heterocycles. The molecule has 4 aliphatic carbocycles. The van der Waals surface area contributed by atoms with E-state index in [0.29, 0.717) is 32.1 Å². The molecule has 0 aromatic carbocycles. The van der Waals surface area contributed by atoms with Gasteiger partial charge in [-0.2, -0.15) is 26.3 Å². The number of hydrogen-bond donors (Lipinski definition) is 1. The third-order valence-corrected chi connectivity index (χ3v) is 9.54. The first-order valence-electron chi connectivity index (χ1n) is 14.6. The Hall–Kier alpha value is -2.05. The number of carbonyl (C=O) groups excluding carboxylic acids is 3. The summed E-state index contributed by atoms with van der Waals surface area (Å²) >= 11 is 0. The second-order valence-corrected chi connectivity index (χ2v) is 14.4. The van der Waals surface area contributed by atoms with Crippen molar-refractivity contribution in [3.8, 4) is 0 Å². The molecule has 13 heteroatoms. The molecule has 4 rings (SSSR count). The van der Waals surface area contributed by atoms with E-state index in [9.17, 15) is 45.8 Å². The third kappa shape index (κ3) is 7.44. The molecule has 4 saturated carbocycles. The monoisotopic (exact) mass is 632 g/mol. The molecule has 4 fully saturated rings. The normalized spacial score (nSPS) is 27.6. The molecule has 0 aromatic heterocycles. The maximum Gasteiger partial charge on any atom is 0.430 e. The Morgan fingerprint density at radius 2 is 1.09 bits per heavy atom. The standard InChI is InChI=1S/C18H28O4.C12H18F6O3/c1-5-16(3,4)15(20)22-18-9-13-6-14(10-18)8-17(7-13,11-18)21-12(2)19;1-6-8(2,3)7(19)21-9(4,5)10(20,11(13,14)15)12(16,17)18/h13-14H,5-11H2,1-4H3;20H,6H2,1-5H3. The summed E-state index contributed by atoms with van der Waals surface area (Å²) in [5.41, 5.74) is -10.9. The second kappa shape index (κ2) is 11.7. The Labute approximate surface area is 249 Å². The average Bonchev–Trinajstić information content (AvgIpc) is 2.80. The average molecular weight is 633 g/mol. The van der Waals surface area contributed by atoms with Crippen molar-refractivity contribution in [3.05, 3.63) is 0 Å². The highest BCUT2D eigenvalue weighted by molar-refractivity contribution is 5.77. The minimum atomic E-state index is -6.06. The molecule has 1 N–H and O–H groups in total. The van der Waals surface area contributed by atoms with E-state index < -0.39 is 46.0 Å². The van der Waals surface area contributed by atoms with Gasteiger partial charge in [-0.15, -0.1) is 0 Å². The lowest BCUT2D eigenvalue weighted by atomic mass is 9.52. The van der Waals surface area contributed by atoms with Crippen LogP contribution < -0.4 is 0 Å². The molecular formula is C30H46F6O7. The molecule has 4 aliphatic rings. The van der Waals surface area contributed by atoms with Crippen LogP contribution in [0.4, 0.5) is 26.3 Å². The summed E-state index contributed by atoms with van der Waals surface area (Å²) in [7, 11) is 0. The zero-order valence-corrected chi connectivity index (χ0v) is 26.5. The summed E-state index contributed by atoms with van der Waals surface area (Å²) in [6.45, 7) is 12.3. The molecular weight excluding hydrogens is 586 g/mol. The zero-order valence-electron chi connectivity index (χ0n) is 26.5. The SMILES string of the molecule is CCC(C)(C)C(=O)OC(C)(C)C(O)(C(F)(F)F)C(F)(F)F.CCC(C)(C)C(=O)OC12CC3CC(CC(OC(C)=O)(C3)C1)C2. The number of rotatable bonds is 8. The van der Waals surface area contributed by atoms with Gasteiger partial charge in [-0.3, -0.25) is 14.4 Å². The van der Waals surface area contributed by atoms with Gasteiger partial charge in [0.05, 0.1) is 10.8 Å². The van der Waals surface area contributed by atoms with Crippen LogP contribution in [-0.4, -0.2) is 57.8 Å². The first-order chi connectivity index (χ1) is 19.1. The lowest BCUT2D eigenvalue weighted by Gasteiger charge is -2.60. The molecule has 4 bridgehead atoms. The first kappa shape index (κ1) is 37.1. The topological polar surface area (TPSA) is 99.1 Å². The van der Waals surface area contributed by atoms with Crippen molar-refractivity contribution in [1.82, 2.24) is 0 Å². The van der Waals surface area contributed by atoms with Crippen molar-refractivity contribution in [1.29, 1.82) is 0 Å². The van der Waals surface area contributed by atoms with Crippen molar-refractivity contribution >= 4 is 17.9 Å². The molecule has 0 spiro atoms. The van der Waals surface area contributed by atoms with Crippen molar-refractivity contribution in [2.75, 3.05) is 0 Å². The Bertz CT molecular complexity index is 1030. The van der Waals surface area contributed by atoms with E-state index >= 15 is 0 Å². The van der Waals surface area contributed by atoms with Crippen molar-refractivity contribution in [3.63, 3.8) is 0 Å². The van der Waals surface area contributed by atoms with E-state index in [0.717, 1.165) is 32.1 Å². The van der Waals surface area contributed by atoms with E-state index in [4.69, 9.17) is 9.47 Å². The number of carbonyl (C=O) groups is 3. The molecule has 250 valence electrons. The largest absolute Gasteiger partial charge is 0.459 e. The lowest BCUT2D eigenvalue weighted by Crippen LogP contribution is -2.70. The summed E-state index contributed by atoms with van der Waals surface area (Å²) in [4.78, 5) is 35.9. The first-order valence-corrected chi connectivity index (χ1v) is 14.6. The number of ether oxygens (including phenoxy) is 3. The van der Waals surface area contributed by atoms with Crippen LogP contribution >= 0.6 is 0 Å². The number of hydrogen-bond acceptors (Lipinski definition) is 7. The van der Waals surface area contributed by atoms with Crippen LogP contribution in [0.3, 0.4) is 0 Å². The highest BCUT2D eigenvalue weighted by Crippen LogP contribution is 2.60. The van der Waals surface area contributed by atoms with Gasteiger partial charge in [-0.1, -0.05) is 13.8 Å². The van der Waals surface area contributed by atoms with Gasteiger partial charge in [0.25, 0.3) is 5.60 Å². The van der Waals surface area contributed by atoms with Crippen LogP contribution in [0, 0.1) is 22.7 Å². The molecule has 43 heavy (non-hydrogen) atoms. The molecule has 0 heterocycles. The fraction of sp³-hybridized carbons (Fsp3) is 0.900. The van der Waals surface area contributed by atoms with Gasteiger partial charge in [0.1, 0.15) is 11.2 Å². The lowest BCUT2D eigenvalue weighted by molar-refractivity contribution is -0.408. The van der Waals surface area contributed by atoms with Crippen LogP contribution in [0.2, 0.25) is 0 Å². The van der Waals surface area contributed by atoms with Gasteiger partial charge in [0.15, 0.2) is 5.60 Å². The number of esters is 3. The number of aliphatic hydroxyl groups is 1. The highest BCUT2D eigenvalue weighted by atomic mass is 19.4. The molecule has 0 radical (unpaired) electrons. The predicted molar refractivity (Wildman–Crippen MR) is 143 cm³/mol. The molecule has 2 atom stereocenters. The van der Waals surface area contributed by atoms with Gasteiger partial charge < -0.3 is 19.3 Å². The van der Waals surface area contributed by atoms with E-state index in [2.05, 4.69) is 4.74 Å². The van der Waals surface area contributed by atoms with Gasteiger partial charge >= 0.3 is 30.3 Å². The maximum atomic E-state index is 12.8. The summed E-state index contributed by atoms with van der Waals surface area (Å²) in [6, 6.07) is 0. The summed E-state index contributed by atoms with van der Waals surface area (Å²) in [5, 5.41) is 9.27. The van der Waals surface area contributed by atoms with E-state index in [1.807, 2.05) is 20.8 Å². The number of alkyl halides is 6. The Balaban J connectivity index is 0.000000301. The van der Waals surface area contributed by atoms with Crippen LogP contribution in [0.15, 0.2) is 0 Å². The van der Waals surface area contributed by atoms with Gasteiger partial charge in [0.2, 0.25) is 0 Å². The Morgan fingerprint density at radius 1 is 0.721 bits per heavy atom. The van der Waals surface area contributed by atoms with E-state index in [1.54, 1.807) is 0 Å². The molecule has 0 saturated heterocycles. The summed E-state index contributed by atoms with van der Waals surface area (Å²) in [6.07, 6.45) is -5.56. The molecule has 7 nitrogen and oxygen atoms in total. The quantitative estimate of drug-likeness (QED) is 0.171. The highest BCUT2D eigenvalue weighted by Gasteiger charge is 2.78. The minimum absolute atomic E-state index is 0.102. The van der Waals surface area contributed by atoms with E-state index in [-0.39, 0.29) is 24.0 Å². The third-order valence-electron chi connectivity index (χ3n) is 9.54. The zero-order chi connectivity index (χ0) is 33.7. The Kier molecular flexibility index (Phi) is 10.1. The number of halogens is 6. The van der Waals surface area contributed by atoms with Crippen LogP contribution in [-0.2, 0) is 28.6 Å². The fourth-order valence-corrected chi connectivity index (χ4v) is 6.55. The van der Waals surface area contributed by atoms with Crippen molar-refractivity contribution in [2.24, 2.45) is 22.7 Å². The van der Waals surface area contributed by atoms with Crippen molar-refractivity contribution in [2.45, 2.75) is 148 Å². The van der Waals surface area contributed by atoms with Crippen molar-refractivity contribution < 1.29 is 60.0 Å².